The Kier molecular flexibility index (Phi) is 3.67. The van der Waals surface area contributed by atoms with Crippen molar-refractivity contribution in [1.82, 2.24) is 9.80 Å². The summed E-state index contributed by atoms with van der Waals surface area (Å²) in [6.45, 7) is 4.47. The van der Waals surface area contributed by atoms with E-state index in [2.05, 4.69) is 9.80 Å². The van der Waals surface area contributed by atoms with Crippen LogP contribution in [0.5, 0.6) is 0 Å². The zero-order valence-corrected chi connectivity index (χ0v) is 13.9. The maximum absolute atomic E-state index is 13.5. The van der Waals surface area contributed by atoms with Gasteiger partial charge in [0.15, 0.2) is 0 Å². The van der Waals surface area contributed by atoms with Crippen LogP contribution >= 0.6 is 0 Å². The number of hydrogen-bond acceptors (Lipinski definition) is 2. The highest BCUT2D eigenvalue weighted by Crippen LogP contribution is 2.42. The molecule has 2 heterocycles. The number of piperidine rings is 1. The van der Waals surface area contributed by atoms with Crippen LogP contribution in [-0.2, 0) is 11.3 Å². The number of halogens is 1. The smallest absolute Gasteiger partial charge is 0.243 e. The minimum atomic E-state index is -0.289. The topological polar surface area (TPSA) is 23.6 Å². The molecule has 1 aromatic carbocycles. The highest BCUT2D eigenvalue weighted by Gasteiger charge is 2.52. The van der Waals surface area contributed by atoms with Gasteiger partial charge in [0.05, 0.1) is 0 Å². The summed E-state index contributed by atoms with van der Waals surface area (Å²) in [5, 5.41) is 0. The second kappa shape index (κ2) is 5.59. The van der Waals surface area contributed by atoms with Crippen molar-refractivity contribution in [2.24, 2.45) is 0 Å². The first-order valence-electron chi connectivity index (χ1n) is 8.91. The van der Waals surface area contributed by atoms with Crippen LogP contribution in [0.25, 0.3) is 0 Å². The fourth-order valence-corrected chi connectivity index (χ4v) is 4.47. The molecule has 3 nitrogen and oxygen atoms in total. The Labute approximate surface area is 137 Å². The van der Waals surface area contributed by atoms with Crippen LogP contribution < -0.4 is 0 Å². The van der Waals surface area contributed by atoms with E-state index in [9.17, 15) is 9.18 Å². The molecule has 1 amide bonds. The lowest BCUT2D eigenvalue weighted by molar-refractivity contribution is -0.148. The molecule has 1 unspecified atom stereocenters. The summed E-state index contributed by atoms with van der Waals surface area (Å²) in [4.78, 5) is 17.7. The highest BCUT2D eigenvalue weighted by atomic mass is 19.1. The van der Waals surface area contributed by atoms with Gasteiger partial charge in [-0.3, -0.25) is 9.69 Å². The number of likely N-dealkylation sites (tertiary alicyclic amines) is 2. The van der Waals surface area contributed by atoms with Gasteiger partial charge in [-0.05, 0) is 69.2 Å². The first-order valence-corrected chi connectivity index (χ1v) is 8.91. The normalized spacial score (nSPS) is 28.8. The van der Waals surface area contributed by atoms with E-state index in [0.717, 1.165) is 50.9 Å². The van der Waals surface area contributed by atoms with Gasteiger partial charge in [0, 0.05) is 19.1 Å². The van der Waals surface area contributed by atoms with Crippen molar-refractivity contribution in [3.63, 3.8) is 0 Å². The molecule has 0 radical (unpaired) electrons. The average Bonchev–Trinajstić information content (AvgIpc) is 3.30. The zero-order valence-electron chi connectivity index (χ0n) is 13.9. The van der Waals surface area contributed by atoms with Crippen LogP contribution in [0.1, 0.15) is 49.7 Å². The van der Waals surface area contributed by atoms with Crippen LogP contribution in [-0.4, -0.2) is 40.4 Å². The van der Waals surface area contributed by atoms with Crippen LogP contribution in [0.3, 0.4) is 0 Å². The Morgan fingerprint density at radius 2 is 1.96 bits per heavy atom. The Bertz CT molecular complexity index is 628. The number of amides is 1. The van der Waals surface area contributed by atoms with Gasteiger partial charge >= 0.3 is 0 Å². The van der Waals surface area contributed by atoms with E-state index in [1.807, 2.05) is 12.1 Å². The molecule has 124 valence electrons. The van der Waals surface area contributed by atoms with Gasteiger partial charge in [0.25, 0.3) is 0 Å². The number of rotatable bonds is 3. The fraction of sp³-hybridized carbons (Fsp3) is 0.632. The lowest BCUT2D eigenvalue weighted by atomic mass is 9.85. The van der Waals surface area contributed by atoms with Crippen LogP contribution in [0, 0.1) is 12.7 Å². The van der Waals surface area contributed by atoms with Gasteiger partial charge in [-0.2, -0.15) is 0 Å². The van der Waals surface area contributed by atoms with E-state index in [0.29, 0.717) is 17.5 Å². The second-order valence-electron chi connectivity index (χ2n) is 7.47. The molecule has 3 fully saturated rings. The van der Waals surface area contributed by atoms with Crippen molar-refractivity contribution in [2.75, 3.05) is 13.1 Å². The van der Waals surface area contributed by atoms with E-state index >= 15 is 0 Å². The largest absolute Gasteiger partial charge is 0.338 e. The Morgan fingerprint density at radius 3 is 2.65 bits per heavy atom. The van der Waals surface area contributed by atoms with Crippen molar-refractivity contribution in [1.29, 1.82) is 0 Å². The molecule has 1 aromatic rings. The maximum Gasteiger partial charge on any atom is 0.243 e. The Balaban J connectivity index is 1.57. The van der Waals surface area contributed by atoms with Gasteiger partial charge < -0.3 is 4.90 Å². The molecule has 1 atom stereocenters. The molecular weight excluding hydrogens is 291 g/mol. The van der Waals surface area contributed by atoms with Crippen molar-refractivity contribution in [2.45, 2.75) is 63.6 Å². The molecule has 2 saturated heterocycles. The molecule has 0 bridgehead atoms. The predicted molar refractivity (Wildman–Crippen MR) is 87.5 cm³/mol. The number of hydrogen-bond donors (Lipinski definition) is 0. The number of aryl methyl sites for hydroxylation is 1. The molecule has 0 aromatic heterocycles. The van der Waals surface area contributed by atoms with Crippen molar-refractivity contribution in [3.05, 3.63) is 35.1 Å². The van der Waals surface area contributed by atoms with Gasteiger partial charge in [0.2, 0.25) is 5.91 Å². The Morgan fingerprint density at radius 1 is 1.22 bits per heavy atom. The second-order valence-corrected chi connectivity index (χ2v) is 7.47. The van der Waals surface area contributed by atoms with E-state index in [-0.39, 0.29) is 11.4 Å². The first kappa shape index (κ1) is 15.1. The molecule has 1 saturated carbocycles. The molecule has 4 heteroatoms. The van der Waals surface area contributed by atoms with Crippen molar-refractivity contribution >= 4 is 5.91 Å². The van der Waals surface area contributed by atoms with Crippen LogP contribution in [0.2, 0.25) is 0 Å². The third-order valence-electron chi connectivity index (χ3n) is 5.86. The van der Waals surface area contributed by atoms with E-state index in [4.69, 9.17) is 0 Å². The third-order valence-corrected chi connectivity index (χ3v) is 5.86. The van der Waals surface area contributed by atoms with E-state index < -0.39 is 0 Å². The Hall–Kier alpha value is -1.42. The van der Waals surface area contributed by atoms with Crippen LogP contribution in [0.15, 0.2) is 18.2 Å². The molecule has 0 N–H and O–H groups in total. The SMILES string of the molecule is Cc1cc(CN2CCCC23CCCN(C2CC2)C3=O)ccc1F. The summed E-state index contributed by atoms with van der Waals surface area (Å²) in [6.07, 6.45) is 6.52. The average molecular weight is 316 g/mol. The van der Waals surface area contributed by atoms with E-state index in [1.165, 1.54) is 12.8 Å². The first-order chi connectivity index (χ1) is 11.1. The monoisotopic (exact) mass is 316 g/mol. The number of nitrogens with zero attached hydrogens (tertiary/aromatic N) is 2. The minimum absolute atomic E-state index is 0.154. The van der Waals surface area contributed by atoms with Gasteiger partial charge in [-0.1, -0.05) is 12.1 Å². The number of carbonyl (C=O) groups is 1. The summed E-state index contributed by atoms with van der Waals surface area (Å²) in [5.74, 6) is 0.209. The molecule has 2 aliphatic heterocycles. The summed E-state index contributed by atoms with van der Waals surface area (Å²) in [6, 6.07) is 5.84. The number of benzene rings is 1. The minimum Gasteiger partial charge on any atom is -0.338 e. The van der Waals surface area contributed by atoms with Gasteiger partial charge in [-0.15, -0.1) is 0 Å². The summed E-state index contributed by atoms with van der Waals surface area (Å²) in [7, 11) is 0. The molecule has 23 heavy (non-hydrogen) atoms. The lowest BCUT2D eigenvalue weighted by Gasteiger charge is -2.45. The maximum atomic E-state index is 13.5. The zero-order chi connectivity index (χ0) is 16.0. The summed E-state index contributed by atoms with van der Waals surface area (Å²) >= 11 is 0. The number of carbonyl (C=O) groups excluding carboxylic acids is 1. The van der Waals surface area contributed by atoms with Crippen LogP contribution in [0.4, 0.5) is 4.39 Å². The van der Waals surface area contributed by atoms with Crippen molar-refractivity contribution < 1.29 is 9.18 Å². The lowest BCUT2D eigenvalue weighted by Crippen LogP contribution is -2.60. The summed E-state index contributed by atoms with van der Waals surface area (Å²) < 4.78 is 13.5. The molecule has 3 aliphatic rings. The molecular formula is C19H25FN2O. The molecule has 1 spiro atoms. The third kappa shape index (κ3) is 2.57. The highest BCUT2D eigenvalue weighted by molar-refractivity contribution is 5.88. The summed E-state index contributed by atoms with van der Waals surface area (Å²) in [5.41, 5.74) is 1.51. The molecule has 4 rings (SSSR count). The van der Waals surface area contributed by atoms with Crippen molar-refractivity contribution in [3.8, 4) is 0 Å². The van der Waals surface area contributed by atoms with Gasteiger partial charge in [-0.25, -0.2) is 4.39 Å². The quantitative estimate of drug-likeness (QED) is 0.854. The fourth-order valence-electron chi connectivity index (χ4n) is 4.47. The predicted octanol–water partition coefficient (Wildman–Crippen LogP) is 3.25. The standard InChI is InChI=1S/C19H25FN2O/c1-14-12-15(4-7-17(14)20)13-21-10-2-8-19(21)9-3-11-22(18(19)23)16-5-6-16/h4,7,12,16H,2-3,5-6,8-11,13H2,1H3. The molecule has 1 aliphatic carbocycles. The van der Waals surface area contributed by atoms with E-state index in [1.54, 1.807) is 13.0 Å². The van der Waals surface area contributed by atoms with Gasteiger partial charge in [0.1, 0.15) is 11.4 Å².